The van der Waals surface area contributed by atoms with Crippen molar-refractivity contribution in [3.63, 3.8) is 0 Å². The van der Waals surface area contributed by atoms with E-state index in [9.17, 15) is 0 Å². The topological polar surface area (TPSA) is 64.9 Å². The van der Waals surface area contributed by atoms with E-state index in [1.165, 1.54) is 11.3 Å². The van der Waals surface area contributed by atoms with Crippen LogP contribution in [0.4, 0.5) is 5.13 Å². The molecule has 0 radical (unpaired) electrons. The summed E-state index contributed by atoms with van der Waals surface area (Å²) in [5.74, 6) is 2.06. The van der Waals surface area contributed by atoms with E-state index in [-0.39, 0.29) is 0 Å². The lowest BCUT2D eigenvalue weighted by Gasteiger charge is -1.95. The molecule has 0 aliphatic heterocycles. The number of nitrogens with two attached hydrogens (primary N) is 2. The first-order chi connectivity index (χ1) is 5.83. The van der Waals surface area contributed by atoms with Crippen LogP contribution < -0.4 is 11.5 Å². The van der Waals surface area contributed by atoms with Crippen LogP contribution in [0.5, 0.6) is 0 Å². The van der Waals surface area contributed by atoms with Crippen LogP contribution in [-0.2, 0) is 5.75 Å². The average molecular weight is 203 g/mol. The molecule has 12 heavy (non-hydrogen) atoms. The van der Waals surface area contributed by atoms with Crippen LogP contribution in [0, 0.1) is 0 Å². The summed E-state index contributed by atoms with van der Waals surface area (Å²) in [5, 5.41) is 2.66. The fourth-order valence-corrected chi connectivity index (χ4v) is 2.29. The highest BCUT2D eigenvalue weighted by Gasteiger charge is 1.97. The van der Waals surface area contributed by atoms with Gasteiger partial charge in [-0.25, -0.2) is 4.98 Å². The largest absolute Gasteiger partial charge is 0.375 e. The number of thiazole rings is 1. The summed E-state index contributed by atoms with van der Waals surface area (Å²) in [5.41, 5.74) is 11.9. The van der Waals surface area contributed by atoms with Gasteiger partial charge in [0.2, 0.25) is 0 Å². The summed E-state index contributed by atoms with van der Waals surface area (Å²) in [6, 6.07) is 0. The Balaban J connectivity index is 2.15. The Labute approximate surface area is 80.6 Å². The highest BCUT2D eigenvalue weighted by molar-refractivity contribution is 7.98. The minimum Gasteiger partial charge on any atom is -0.375 e. The lowest BCUT2D eigenvalue weighted by Crippen LogP contribution is -1.99. The third kappa shape index (κ3) is 3.42. The fourth-order valence-electron chi connectivity index (χ4n) is 0.751. The van der Waals surface area contributed by atoms with E-state index in [2.05, 4.69) is 4.98 Å². The molecule has 0 aliphatic carbocycles. The van der Waals surface area contributed by atoms with Gasteiger partial charge in [-0.2, -0.15) is 11.8 Å². The second kappa shape index (κ2) is 5.40. The zero-order chi connectivity index (χ0) is 8.81. The van der Waals surface area contributed by atoms with E-state index < -0.39 is 0 Å². The van der Waals surface area contributed by atoms with Gasteiger partial charge in [0.05, 0.1) is 5.69 Å². The van der Waals surface area contributed by atoms with E-state index in [1.807, 2.05) is 17.1 Å². The van der Waals surface area contributed by atoms with Gasteiger partial charge in [-0.1, -0.05) is 0 Å². The number of anilines is 1. The van der Waals surface area contributed by atoms with Crippen molar-refractivity contribution < 1.29 is 0 Å². The molecule has 1 rings (SSSR count). The van der Waals surface area contributed by atoms with Gasteiger partial charge >= 0.3 is 0 Å². The molecular weight excluding hydrogens is 190 g/mol. The van der Waals surface area contributed by atoms with Gasteiger partial charge < -0.3 is 11.5 Å². The highest BCUT2D eigenvalue weighted by atomic mass is 32.2. The maximum Gasteiger partial charge on any atom is 0.180 e. The van der Waals surface area contributed by atoms with Crippen LogP contribution in [0.1, 0.15) is 12.1 Å². The summed E-state index contributed by atoms with van der Waals surface area (Å²) in [4.78, 5) is 4.15. The van der Waals surface area contributed by atoms with Crippen LogP contribution in [0.2, 0.25) is 0 Å². The molecule has 1 heterocycles. The maximum atomic E-state index is 5.49. The molecule has 0 bridgehead atoms. The third-order valence-corrected chi connectivity index (χ3v) is 3.11. The van der Waals surface area contributed by atoms with Crippen LogP contribution in [0.25, 0.3) is 0 Å². The molecule has 3 nitrogen and oxygen atoms in total. The molecule has 1 aromatic rings. The molecule has 0 saturated carbocycles. The maximum absolute atomic E-state index is 5.49. The molecule has 4 N–H and O–H groups in total. The SMILES string of the molecule is NCCCSCc1csc(N)n1. The Kier molecular flexibility index (Phi) is 4.42. The van der Waals surface area contributed by atoms with Crippen molar-refractivity contribution >= 4 is 28.2 Å². The lowest BCUT2D eigenvalue weighted by molar-refractivity contribution is 0.942. The quantitative estimate of drug-likeness (QED) is 0.708. The average Bonchev–Trinajstić information content (AvgIpc) is 2.45. The normalized spacial score (nSPS) is 10.4. The predicted molar refractivity (Wildman–Crippen MR) is 56.4 cm³/mol. The van der Waals surface area contributed by atoms with Gasteiger partial charge in [0.15, 0.2) is 5.13 Å². The first-order valence-corrected chi connectivity index (χ1v) is 5.84. The van der Waals surface area contributed by atoms with Crippen molar-refractivity contribution in [2.24, 2.45) is 5.73 Å². The minimum atomic E-state index is 0.657. The van der Waals surface area contributed by atoms with Crippen molar-refractivity contribution in [3.05, 3.63) is 11.1 Å². The second-order valence-electron chi connectivity index (χ2n) is 2.37. The lowest BCUT2D eigenvalue weighted by atomic mass is 10.5. The Bertz CT molecular complexity index is 224. The minimum absolute atomic E-state index is 0.657. The predicted octanol–water partition coefficient (Wildman–Crippen LogP) is 1.31. The van der Waals surface area contributed by atoms with Crippen LogP contribution in [0.15, 0.2) is 5.38 Å². The third-order valence-electron chi connectivity index (χ3n) is 1.31. The van der Waals surface area contributed by atoms with Crippen molar-refractivity contribution in [1.29, 1.82) is 0 Å². The van der Waals surface area contributed by atoms with Gasteiger partial charge in [-0.05, 0) is 18.7 Å². The Morgan fingerprint density at radius 1 is 1.58 bits per heavy atom. The van der Waals surface area contributed by atoms with Gasteiger partial charge in [0.1, 0.15) is 0 Å². The van der Waals surface area contributed by atoms with Crippen molar-refractivity contribution in [2.45, 2.75) is 12.2 Å². The molecule has 0 amide bonds. The standard InChI is InChI=1S/C7H13N3S2/c8-2-1-3-11-4-6-5-12-7(9)10-6/h5H,1-4,8H2,(H2,9,10). The first kappa shape index (κ1) is 9.83. The molecule has 0 fully saturated rings. The van der Waals surface area contributed by atoms with E-state index >= 15 is 0 Å². The van der Waals surface area contributed by atoms with Gasteiger partial charge in [0, 0.05) is 11.1 Å². The molecule has 0 unspecified atom stereocenters. The summed E-state index contributed by atoms with van der Waals surface area (Å²) in [6.07, 6.45) is 1.07. The monoisotopic (exact) mass is 203 g/mol. The van der Waals surface area contributed by atoms with Gasteiger partial charge in [-0.3, -0.25) is 0 Å². The molecule has 0 saturated heterocycles. The first-order valence-electron chi connectivity index (χ1n) is 3.80. The van der Waals surface area contributed by atoms with E-state index in [0.29, 0.717) is 5.13 Å². The van der Waals surface area contributed by atoms with Gasteiger partial charge in [0.25, 0.3) is 0 Å². The molecular formula is C7H13N3S2. The molecule has 0 spiro atoms. The van der Waals surface area contributed by atoms with Crippen molar-refractivity contribution in [1.82, 2.24) is 4.98 Å². The summed E-state index contributed by atoms with van der Waals surface area (Å²) >= 11 is 3.35. The molecule has 5 heteroatoms. The Morgan fingerprint density at radius 3 is 3.00 bits per heavy atom. The van der Waals surface area contributed by atoms with E-state index in [1.54, 1.807) is 0 Å². The number of rotatable bonds is 5. The zero-order valence-corrected chi connectivity index (χ0v) is 8.46. The molecule has 0 aromatic carbocycles. The Hall–Kier alpha value is -0.260. The number of thioether (sulfide) groups is 1. The number of aromatic nitrogens is 1. The van der Waals surface area contributed by atoms with Crippen LogP contribution in [0.3, 0.4) is 0 Å². The summed E-state index contributed by atoms with van der Waals surface area (Å²) < 4.78 is 0. The number of hydrogen-bond donors (Lipinski definition) is 2. The Morgan fingerprint density at radius 2 is 2.42 bits per heavy atom. The van der Waals surface area contributed by atoms with E-state index in [0.717, 1.165) is 30.2 Å². The van der Waals surface area contributed by atoms with E-state index in [4.69, 9.17) is 11.5 Å². The summed E-state index contributed by atoms with van der Waals surface area (Å²) in [6.45, 7) is 0.770. The summed E-state index contributed by atoms with van der Waals surface area (Å²) in [7, 11) is 0. The number of nitrogens with zero attached hydrogens (tertiary/aromatic N) is 1. The molecule has 1 aromatic heterocycles. The highest BCUT2D eigenvalue weighted by Crippen LogP contribution is 2.16. The second-order valence-corrected chi connectivity index (χ2v) is 4.37. The smallest absolute Gasteiger partial charge is 0.180 e. The van der Waals surface area contributed by atoms with Crippen molar-refractivity contribution in [3.8, 4) is 0 Å². The van der Waals surface area contributed by atoms with Crippen molar-refractivity contribution in [2.75, 3.05) is 18.0 Å². The number of hydrogen-bond acceptors (Lipinski definition) is 5. The fraction of sp³-hybridized carbons (Fsp3) is 0.571. The zero-order valence-electron chi connectivity index (χ0n) is 6.82. The van der Waals surface area contributed by atoms with Gasteiger partial charge in [-0.15, -0.1) is 11.3 Å². The van der Waals surface area contributed by atoms with Crippen LogP contribution in [-0.4, -0.2) is 17.3 Å². The van der Waals surface area contributed by atoms with Crippen LogP contribution >= 0.6 is 23.1 Å². The molecule has 68 valence electrons. The molecule has 0 aliphatic rings. The molecule has 0 atom stereocenters. The number of nitrogen functional groups attached to an aromatic ring is 1.